The molecule has 23 heavy (non-hydrogen) atoms. The molecule has 0 saturated heterocycles. The van der Waals surface area contributed by atoms with E-state index in [0.717, 1.165) is 12.1 Å². The standard InChI is InChI=1S/C14H11ClF3N3O2/c15-8-2-1-6(3-7(8)14(16,17)18)11-12-9(19-5-20-12)4-10(21-11)13(22)23/h1-3,5,10-11,21H,4H2,(H,19,20)(H,22,23)/t10-,11+/m1/s1. The molecule has 0 aliphatic carbocycles. The molecule has 0 fully saturated rings. The SMILES string of the molecule is O=C(O)[C@H]1Cc2[nH]cnc2[C@H](c2ccc(Cl)c(C(F)(F)F)c2)N1. The van der Waals surface area contributed by atoms with E-state index in [1.165, 1.54) is 12.4 Å². The molecule has 1 aromatic heterocycles. The minimum Gasteiger partial charge on any atom is -0.480 e. The first kappa shape index (κ1) is 15.8. The molecule has 9 heteroatoms. The van der Waals surface area contributed by atoms with Crippen LogP contribution in [0.15, 0.2) is 24.5 Å². The van der Waals surface area contributed by atoms with Crippen molar-refractivity contribution >= 4 is 17.6 Å². The van der Waals surface area contributed by atoms with Gasteiger partial charge in [-0.15, -0.1) is 0 Å². The lowest BCUT2D eigenvalue weighted by atomic mass is 9.93. The van der Waals surface area contributed by atoms with Crippen molar-refractivity contribution in [3.63, 3.8) is 0 Å². The van der Waals surface area contributed by atoms with Crippen LogP contribution in [0.4, 0.5) is 13.2 Å². The molecule has 2 atom stereocenters. The Morgan fingerprint density at radius 2 is 2.13 bits per heavy atom. The highest BCUT2D eigenvalue weighted by molar-refractivity contribution is 6.31. The molecule has 0 radical (unpaired) electrons. The number of aromatic nitrogens is 2. The number of carboxylic acid groups (broad SMARTS) is 1. The van der Waals surface area contributed by atoms with Crippen LogP contribution in [-0.4, -0.2) is 27.1 Å². The maximum absolute atomic E-state index is 13.0. The van der Waals surface area contributed by atoms with Gasteiger partial charge in [0, 0.05) is 12.1 Å². The number of alkyl halides is 3. The van der Waals surface area contributed by atoms with Crippen LogP contribution >= 0.6 is 11.6 Å². The number of aromatic amines is 1. The number of fused-ring (bicyclic) bond motifs is 1. The maximum atomic E-state index is 13.0. The van der Waals surface area contributed by atoms with Gasteiger partial charge in [-0.1, -0.05) is 17.7 Å². The Labute approximate surface area is 133 Å². The molecule has 5 nitrogen and oxygen atoms in total. The second-order valence-electron chi connectivity index (χ2n) is 5.20. The highest BCUT2D eigenvalue weighted by atomic mass is 35.5. The Balaban J connectivity index is 2.06. The van der Waals surface area contributed by atoms with Crippen molar-refractivity contribution in [3.05, 3.63) is 52.1 Å². The molecule has 1 aliphatic heterocycles. The van der Waals surface area contributed by atoms with E-state index in [1.807, 2.05) is 0 Å². The van der Waals surface area contributed by atoms with Crippen LogP contribution in [0.2, 0.25) is 5.02 Å². The number of carbonyl (C=O) groups is 1. The summed E-state index contributed by atoms with van der Waals surface area (Å²) in [6.07, 6.45) is -3.02. The number of hydrogen-bond donors (Lipinski definition) is 3. The van der Waals surface area contributed by atoms with Crippen LogP contribution in [0.5, 0.6) is 0 Å². The monoisotopic (exact) mass is 345 g/mol. The number of halogens is 4. The third-order valence-corrected chi connectivity index (χ3v) is 4.06. The molecule has 0 saturated carbocycles. The van der Waals surface area contributed by atoms with Gasteiger partial charge in [0.25, 0.3) is 0 Å². The maximum Gasteiger partial charge on any atom is 0.417 e. The molecule has 122 valence electrons. The van der Waals surface area contributed by atoms with E-state index in [0.29, 0.717) is 11.4 Å². The average Bonchev–Trinajstić information content (AvgIpc) is 2.93. The zero-order chi connectivity index (χ0) is 16.8. The summed E-state index contributed by atoms with van der Waals surface area (Å²) in [5.41, 5.74) is 0.358. The van der Waals surface area contributed by atoms with E-state index in [2.05, 4.69) is 15.3 Å². The largest absolute Gasteiger partial charge is 0.480 e. The van der Waals surface area contributed by atoms with E-state index in [-0.39, 0.29) is 12.0 Å². The number of nitrogens with zero attached hydrogens (tertiary/aromatic N) is 1. The van der Waals surface area contributed by atoms with Gasteiger partial charge in [0.2, 0.25) is 0 Å². The number of aliphatic carboxylic acids is 1. The molecule has 2 heterocycles. The minimum atomic E-state index is -4.59. The van der Waals surface area contributed by atoms with Gasteiger partial charge >= 0.3 is 12.1 Å². The highest BCUT2D eigenvalue weighted by Crippen LogP contribution is 2.38. The lowest BCUT2D eigenvalue weighted by Crippen LogP contribution is -2.45. The summed E-state index contributed by atoms with van der Waals surface area (Å²) in [6.45, 7) is 0. The van der Waals surface area contributed by atoms with Crippen molar-refractivity contribution in [1.29, 1.82) is 0 Å². The Morgan fingerprint density at radius 1 is 1.39 bits per heavy atom. The molecular weight excluding hydrogens is 335 g/mol. The van der Waals surface area contributed by atoms with E-state index < -0.39 is 34.8 Å². The first-order chi connectivity index (χ1) is 10.8. The predicted molar refractivity (Wildman–Crippen MR) is 75.1 cm³/mol. The van der Waals surface area contributed by atoms with E-state index in [4.69, 9.17) is 11.6 Å². The van der Waals surface area contributed by atoms with Crippen LogP contribution in [0.1, 0.15) is 28.6 Å². The first-order valence-corrected chi connectivity index (χ1v) is 7.03. The van der Waals surface area contributed by atoms with Gasteiger partial charge < -0.3 is 10.1 Å². The number of benzene rings is 1. The van der Waals surface area contributed by atoms with Crippen molar-refractivity contribution in [2.45, 2.75) is 24.7 Å². The van der Waals surface area contributed by atoms with E-state index in [1.54, 1.807) is 0 Å². The molecule has 1 aromatic carbocycles. The van der Waals surface area contributed by atoms with Crippen LogP contribution in [-0.2, 0) is 17.4 Å². The lowest BCUT2D eigenvalue weighted by molar-refractivity contribution is -0.140. The molecular formula is C14H11ClF3N3O2. The smallest absolute Gasteiger partial charge is 0.417 e. The molecule has 3 N–H and O–H groups in total. The van der Waals surface area contributed by atoms with Gasteiger partial charge in [0.1, 0.15) is 6.04 Å². The summed E-state index contributed by atoms with van der Waals surface area (Å²) in [4.78, 5) is 18.2. The fourth-order valence-corrected chi connectivity index (χ4v) is 2.86. The number of H-pyrrole nitrogens is 1. The van der Waals surface area contributed by atoms with Crippen LogP contribution < -0.4 is 5.32 Å². The van der Waals surface area contributed by atoms with Crippen molar-refractivity contribution < 1.29 is 23.1 Å². The Morgan fingerprint density at radius 3 is 2.78 bits per heavy atom. The summed E-state index contributed by atoms with van der Waals surface area (Å²) < 4.78 is 39.0. The number of nitrogens with one attached hydrogen (secondary N) is 2. The quantitative estimate of drug-likeness (QED) is 0.782. The fourth-order valence-electron chi connectivity index (χ4n) is 2.64. The topological polar surface area (TPSA) is 78.0 Å². The zero-order valence-electron chi connectivity index (χ0n) is 11.5. The fraction of sp³-hybridized carbons (Fsp3) is 0.286. The number of imidazole rings is 1. The molecule has 1 aliphatic rings. The van der Waals surface area contributed by atoms with Gasteiger partial charge in [0.15, 0.2) is 0 Å². The second kappa shape index (κ2) is 5.54. The Hall–Kier alpha value is -2.06. The van der Waals surface area contributed by atoms with Gasteiger partial charge in [-0.3, -0.25) is 10.1 Å². The van der Waals surface area contributed by atoms with Crippen molar-refractivity contribution in [1.82, 2.24) is 15.3 Å². The van der Waals surface area contributed by atoms with E-state index >= 15 is 0 Å². The Kier molecular flexibility index (Phi) is 3.81. The average molecular weight is 346 g/mol. The van der Waals surface area contributed by atoms with Crippen molar-refractivity contribution in [3.8, 4) is 0 Å². The summed E-state index contributed by atoms with van der Waals surface area (Å²) in [7, 11) is 0. The van der Waals surface area contributed by atoms with Gasteiger partial charge in [-0.25, -0.2) is 4.98 Å². The van der Waals surface area contributed by atoms with Crippen molar-refractivity contribution in [2.75, 3.05) is 0 Å². The lowest BCUT2D eigenvalue weighted by Gasteiger charge is -2.28. The molecule has 0 amide bonds. The molecule has 0 spiro atoms. The Bertz CT molecular complexity index is 760. The van der Waals surface area contributed by atoms with Crippen LogP contribution in [0, 0.1) is 0 Å². The minimum absolute atomic E-state index is 0.181. The van der Waals surface area contributed by atoms with Crippen molar-refractivity contribution in [2.24, 2.45) is 0 Å². The third kappa shape index (κ3) is 2.91. The third-order valence-electron chi connectivity index (χ3n) is 3.73. The summed E-state index contributed by atoms with van der Waals surface area (Å²) >= 11 is 5.62. The summed E-state index contributed by atoms with van der Waals surface area (Å²) in [5.74, 6) is -1.08. The van der Waals surface area contributed by atoms with Gasteiger partial charge in [0.05, 0.1) is 28.6 Å². The van der Waals surface area contributed by atoms with E-state index in [9.17, 15) is 23.1 Å². The first-order valence-electron chi connectivity index (χ1n) is 6.65. The van der Waals surface area contributed by atoms with Gasteiger partial charge in [-0.2, -0.15) is 13.2 Å². The predicted octanol–water partition coefficient (Wildman–Crippen LogP) is 2.77. The zero-order valence-corrected chi connectivity index (χ0v) is 12.2. The normalized spacial score (nSPS) is 21.0. The van der Waals surface area contributed by atoms with Crippen LogP contribution in [0.3, 0.4) is 0 Å². The number of hydrogen-bond acceptors (Lipinski definition) is 3. The van der Waals surface area contributed by atoms with Crippen LogP contribution in [0.25, 0.3) is 0 Å². The number of rotatable bonds is 2. The summed E-state index contributed by atoms with van der Waals surface area (Å²) in [6, 6.07) is 1.82. The highest BCUT2D eigenvalue weighted by Gasteiger charge is 2.37. The second-order valence-corrected chi connectivity index (χ2v) is 5.61. The molecule has 0 bridgehead atoms. The van der Waals surface area contributed by atoms with Gasteiger partial charge in [-0.05, 0) is 17.7 Å². The number of carboxylic acids is 1. The molecule has 3 rings (SSSR count). The molecule has 0 unspecified atom stereocenters. The molecule has 2 aromatic rings. The summed E-state index contributed by atoms with van der Waals surface area (Å²) in [5, 5.41) is 11.6.